The molecule has 2 heterocycles. The van der Waals surface area contributed by atoms with Crippen LogP contribution in [0, 0.1) is 0 Å². The number of nitrogens with zero attached hydrogens (tertiary/aromatic N) is 2. The van der Waals surface area contributed by atoms with Crippen LogP contribution in [0.25, 0.3) is 5.76 Å². The number of hydrogen-bond acceptors (Lipinski definition) is 6. The average Bonchev–Trinajstić information content (AvgIpc) is 3.27. The quantitative estimate of drug-likeness (QED) is 0.406. The summed E-state index contributed by atoms with van der Waals surface area (Å²) in [5.41, 5.74) is 2.45. The first-order valence-electron chi connectivity index (χ1n) is 7.51. The molecule has 7 heteroatoms. The number of benzene rings is 1. The molecule has 0 aliphatic rings. The molecule has 0 saturated carbocycles. The highest BCUT2D eigenvalue weighted by Crippen LogP contribution is 2.16. The molecule has 0 fully saturated rings. The molecular formula is C18H15N3O4. The number of carbonyl (C=O) groups is 2. The van der Waals surface area contributed by atoms with Crippen molar-refractivity contribution in [2.75, 3.05) is 0 Å². The Hall–Kier alpha value is -3.48. The van der Waals surface area contributed by atoms with E-state index in [0.717, 1.165) is 17.2 Å². The zero-order valence-corrected chi connectivity index (χ0v) is 13.4. The SMILES string of the molecule is CC(=O)c1ccc(Cc2coc(C(=O)C=C(O)c3nc[nH]n3)c2)cc1. The lowest BCUT2D eigenvalue weighted by atomic mass is 10.0. The number of nitrogens with one attached hydrogen (secondary N) is 1. The fourth-order valence-corrected chi connectivity index (χ4v) is 2.28. The van der Waals surface area contributed by atoms with E-state index in [-0.39, 0.29) is 23.1 Å². The van der Waals surface area contributed by atoms with Crippen molar-refractivity contribution >= 4 is 17.3 Å². The summed E-state index contributed by atoms with van der Waals surface area (Å²) < 4.78 is 5.27. The van der Waals surface area contributed by atoms with E-state index in [4.69, 9.17) is 4.42 Å². The molecule has 2 aromatic heterocycles. The first-order valence-corrected chi connectivity index (χ1v) is 7.51. The predicted octanol–water partition coefficient (Wildman–Crippen LogP) is 2.97. The molecule has 1 aromatic carbocycles. The largest absolute Gasteiger partial charge is 0.504 e. The number of aromatic nitrogens is 3. The molecule has 0 aliphatic carbocycles. The van der Waals surface area contributed by atoms with Crippen LogP contribution in [-0.4, -0.2) is 31.9 Å². The Balaban J connectivity index is 1.70. The van der Waals surface area contributed by atoms with Crippen molar-refractivity contribution in [3.8, 4) is 0 Å². The minimum absolute atomic E-state index is 0.0146. The number of aromatic amines is 1. The highest BCUT2D eigenvalue weighted by atomic mass is 16.3. The van der Waals surface area contributed by atoms with E-state index in [1.54, 1.807) is 18.2 Å². The maximum Gasteiger partial charge on any atom is 0.224 e. The third-order valence-electron chi connectivity index (χ3n) is 3.58. The summed E-state index contributed by atoms with van der Waals surface area (Å²) in [6, 6.07) is 8.87. The van der Waals surface area contributed by atoms with Gasteiger partial charge in [0.1, 0.15) is 6.33 Å². The third kappa shape index (κ3) is 3.89. The minimum Gasteiger partial charge on any atom is -0.504 e. The second-order valence-corrected chi connectivity index (χ2v) is 5.47. The molecular weight excluding hydrogens is 322 g/mol. The van der Waals surface area contributed by atoms with Crippen molar-refractivity contribution in [2.45, 2.75) is 13.3 Å². The molecule has 0 unspecified atom stereocenters. The Morgan fingerprint density at radius 1 is 1.24 bits per heavy atom. The van der Waals surface area contributed by atoms with Crippen LogP contribution in [-0.2, 0) is 6.42 Å². The standard InChI is InChI=1S/C18H15N3O4/c1-11(22)14-4-2-12(3-5-14)6-13-7-17(25-9-13)15(23)8-16(24)18-19-10-20-21-18/h2-5,7-10,24H,6H2,1H3,(H,19,20,21). The van der Waals surface area contributed by atoms with Gasteiger partial charge >= 0.3 is 0 Å². The molecule has 0 radical (unpaired) electrons. The van der Waals surface area contributed by atoms with Crippen LogP contribution >= 0.6 is 0 Å². The minimum atomic E-state index is -0.486. The number of allylic oxidation sites excluding steroid dienone is 1. The molecule has 0 spiro atoms. The molecule has 0 amide bonds. The Morgan fingerprint density at radius 3 is 2.64 bits per heavy atom. The van der Waals surface area contributed by atoms with Crippen molar-refractivity contribution in [2.24, 2.45) is 0 Å². The van der Waals surface area contributed by atoms with Gasteiger partial charge in [0.15, 0.2) is 17.3 Å². The van der Waals surface area contributed by atoms with E-state index in [0.29, 0.717) is 12.0 Å². The maximum atomic E-state index is 12.1. The molecule has 7 nitrogen and oxygen atoms in total. The number of rotatable bonds is 6. The predicted molar refractivity (Wildman–Crippen MR) is 89.3 cm³/mol. The summed E-state index contributed by atoms with van der Waals surface area (Å²) in [5, 5.41) is 15.9. The van der Waals surface area contributed by atoms with Gasteiger partial charge in [-0.3, -0.25) is 14.7 Å². The highest BCUT2D eigenvalue weighted by molar-refractivity contribution is 6.05. The van der Waals surface area contributed by atoms with Gasteiger partial charge < -0.3 is 9.52 Å². The summed E-state index contributed by atoms with van der Waals surface area (Å²) in [5.74, 6) is -0.673. The van der Waals surface area contributed by atoms with Crippen LogP contribution in [0.2, 0.25) is 0 Å². The third-order valence-corrected chi connectivity index (χ3v) is 3.58. The summed E-state index contributed by atoms with van der Waals surface area (Å²) in [6.45, 7) is 1.52. The second kappa shape index (κ2) is 6.96. The van der Waals surface area contributed by atoms with Crippen LogP contribution in [0.15, 0.2) is 53.4 Å². The monoisotopic (exact) mass is 337 g/mol. The van der Waals surface area contributed by atoms with E-state index >= 15 is 0 Å². The molecule has 3 rings (SSSR count). The van der Waals surface area contributed by atoms with Gasteiger partial charge in [-0.1, -0.05) is 24.3 Å². The van der Waals surface area contributed by atoms with Crippen LogP contribution in [0.5, 0.6) is 0 Å². The zero-order chi connectivity index (χ0) is 17.8. The molecule has 25 heavy (non-hydrogen) atoms. The van der Waals surface area contributed by atoms with E-state index in [2.05, 4.69) is 15.2 Å². The lowest BCUT2D eigenvalue weighted by Crippen LogP contribution is -1.96. The lowest BCUT2D eigenvalue weighted by Gasteiger charge is -2.00. The number of aliphatic hydroxyl groups is 1. The smallest absolute Gasteiger partial charge is 0.224 e. The van der Waals surface area contributed by atoms with Gasteiger partial charge in [0.25, 0.3) is 0 Å². The maximum absolute atomic E-state index is 12.1. The van der Waals surface area contributed by atoms with Crippen LogP contribution in [0.4, 0.5) is 0 Å². The Kier molecular flexibility index (Phi) is 4.56. The van der Waals surface area contributed by atoms with Crippen LogP contribution in [0.1, 0.15) is 44.8 Å². The normalized spacial score (nSPS) is 11.5. The van der Waals surface area contributed by atoms with Crippen molar-refractivity contribution in [1.82, 2.24) is 15.2 Å². The summed E-state index contributed by atoms with van der Waals surface area (Å²) in [4.78, 5) is 27.1. The summed E-state index contributed by atoms with van der Waals surface area (Å²) >= 11 is 0. The number of furan rings is 1. The van der Waals surface area contributed by atoms with Crippen molar-refractivity contribution in [3.05, 3.63) is 77.3 Å². The number of ketones is 2. The number of Topliss-reactive ketones (excluding diaryl/α,β-unsaturated/α-hetero) is 1. The fraction of sp³-hybridized carbons (Fsp3) is 0.111. The van der Waals surface area contributed by atoms with E-state index < -0.39 is 5.78 Å². The Labute approximate surface area is 143 Å². The number of carbonyl (C=O) groups excluding carboxylic acids is 2. The Morgan fingerprint density at radius 2 is 2.00 bits per heavy atom. The van der Waals surface area contributed by atoms with Gasteiger partial charge in [0.2, 0.25) is 11.6 Å². The van der Waals surface area contributed by atoms with Crippen molar-refractivity contribution in [1.29, 1.82) is 0 Å². The van der Waals surface area contributed by atoms with Gasteiger partial charge in [-0.05, 0) is 24.1 Å². The molecule has 0 bridgehead atoms. The van der Waals surface area contributed by atoms with Crippen LogP contribution in [0.3, 0.4) is 0 Å². The lowest BCUT2D eigenvalue weighted by molar-refractivity contribution is 0.101. The zero-order valence-electron chi connectivity index (χ0n) is 13.4. The first kappa shape index (κ1) is 16.4. The van der Waals surface area contributed by atoms with Crippen molar-refractivity contribution in [3.63, 3.8) is 0 Å². The fourth-order valence-electron chi connectivity index (χ4n) is 2.28. The molecule has 0 aliphatic heterocycles. The van der Waals surface area contributed by atoms with Crippen molar-refractivity contribution < 1.29 is 19.1 Å². The van der Waals surface area contributed by atoms with Gasteiger partial charge in [0, 0.05) is 18.1 Å². The van der Waals surface area contributed by atoms with Crippen LogP contribution < -0.4 is 0 Å². The topological polar surface area (TPSA) is 109 Å². The molecule has 0 atom stereocenters. The van der Waals surface area contributed by atoms with E-state index in [9.17, 15) is 14.7 Å². The summed E-state index contributed by atoms with van der Waals surface area (Å²) in [6.07, 6.45) is 4.36. The number of H-pyrrole nitrogens is 1. The van der Waals surface area contributed by atoms with Gasteiger partial charge in [0.05, 0.1) is 6.26 Å². The van der Waals surface area contributed by atoms with Gasteiger partial charge in [-0.25, -0.2) is 4.98 Å². The molecule has 0 saturated heterocycles. The molecule has 2 N–H and O–H groups in total. The highest BCUT2D eigenvalue weighted by Gasteiger charge is 2.13. The Bertz CT molecular complexity index is 922. The van der Waals surface area contributed by atoms with E-state index in [1.165, 1.54) is 19.5 Å². The molecule has 3 aromatic rings. The molecule has 126 valence electrons. The summed E-state index contributed by atoms with van der Waals surface area (Å²) in [7, 11) is 0. The van der Waals surface area contributed by atoms with Gasteiger partial charge in [-0.15, -0.1) is 0 Å². The van der Waals surface area contributed by atoms with E-state index in [1.807, 2.05) is 12.1 Å². The number of hydrogen-bond donors (Lipinski definition) is 2. The number of aliphatic hydroxyl groups excluding tert-OH is 1. The second-order valence-electron chi connectivity index (χ2n) is 5.47. The van der Waals surface area contributed by atoms with Gasteiger partial charge in [-0.2, -0.15) is 5.10 Å². The first-order chi connectivity index (χ1) is 12.0. The average molecular weight is 337 g/mol.